The van der Waals surface area contributed by atoms with E-state index in [2.05, 4.69) is 19.1 Å². The first-order valence-electron chi connectivity index (χ1n) is 8.82. The highest BCUT2D eigenvalue weighted by Crippen LogP contribution is 2.36. The average molecular weight is 397 g/mol. The molecule has 0 radical (unpaired) electrons. The van der Waals surface area contributed by atoms with Crippen molar-refractivity contribution in [1.82, 2.24) is 9.55 Å². The standard InChI is InChI=1S/C21H20N2O2S2/c1-14(15-6-4-3-5-7-15)27-21-22-18-12-13-26-19(18)20(24)23(21)16-8-10-17(25-2)11-9-16/h3-11,14H,12-13H2,1-2H3/t14-/m0/s1. The van der Waals surface area contributed by atoms with Crippen LogP contribution in [0.3, 0.4) is 0 Å². The van der Waals surface area contributed by atoms with Gasteiger partial charge in [-0.1, -0.05) is 42.1 Å². The molecule has 2 heterocycles. The summed E-state index contributed by atoms with van der Waals surface area (Å²) in [6.07, 6.45) is 0.853. The summed E-state index contributed by atoms with van der Waals surface area (Å²) in [7, 11) is 1.64. The van der Waals surface area contributed by atoms with E-state index in [0.717, 1.165) is 39.4 Å². The monoisotopic (exact) mass is 396 g/mol. The minimum atomic E-state index is 0.0235. The Morgan fingerprint density at radius 1 is 1.15 bits per heavy atom. The second kappa shape index (κ2) is 7.82. The van der Waals surface area contributed by atoms with Crippen LogP contribution in [-0.2, 0) is 6.42 Å². The number of benzene rings is 2. The van der Waals surface area contributed by atoms with E-state index in [1.54, 1.807) is 35.2 Å². The lowest BCUT2D eigenvalue weighted by molar-refractivity contribution is 0.414. The highest BCUT2D eigenvalue weighted by molar-refractivity contribution is 7.99. The minimum Gasteiger partial charge on any atom is -0.497 e. The molecule has 1 aliphatic heterocycles. The van der Waals surface area contributed by atoms with Crippen LogP contribution in [0.2, 0.25) is 0 Å². The minimum absolute atomic E-state index is 0.0235. The number of hydrogen-bond acceptors (Lipinski definition) is 5. The summed E-state index contributed by atoms with van der Waals surface area (Å²) in [6, 6.07) is 17.9. The van der Waals surface area contributed by atoms with E-state index >= 15 is 0 Å². The lowest BCUT2D eigenvalue weighted by Gasteiger charge is -2.17. The van der Waals surface area contributed by atoms with Crippen molar-refractivity contribution in [2.75, 3.05) is 12.9 Å². The van der Waals surface area contributed by atoms with E-state index < -0.39 is 0 Å². The first-order valence-corrected chi connectivity index (χ1v) is 10.7. The molecule has 0 bridgehead atoms. The van der Waals surface area contributed by atoms with E-state index in [4.69, 9.17) is 9.72 Å². The average Bonchev–Trinajstić information content (AvgIpc) is 3.18. The molecule has 0 aliphatic carbocycles. The van der Waals surface area contributed by atoms with Crippen molar-refractivity contribution in [3.8, 4) is 11.4 Å². The quantitative estimate of drug-likeness (QED) is 0.460. The van der Waals surface area contributed by atoms with Crippen LogP contribution in [0.1, 0.15) is 23.4 Å². The number of nitrogens with zero attached hydrogens (tertiary/aromatic N) is 2. The lowest BCUT2D eigenvalue weighted by Crippen LogP contribution is -2.24. The number of fused-ring (bicyclic) bond motifs is 1. The fraction of sp³-hybridized carbons (Fsp3) is 0.238. The van der Waals surface area contributed by atoms with Crippen LogP contribution in [0.25, 0.3) is 5.69 Å². The van der Waals surface area contributed by atoms with Gasteiger partial charge in [-0.25, -0.2) is 4.98 Å². The molecule has 138 valence electrons. The van der Waals surface area contributed by atoms with Gasteiger partial charge in [0.05, 0.1) is 23.4 Å². The summed E-state index contributed by atoms with van der Waals surface area (Å²) < 4.78 is 6.99. The number of aromatic nitrogens is 2. The summed E-state index contributed by atoms with van der Waals surface area (Å²) in [5.41, 5.74) is 2.98. The van der Waals surface area contributed by atoms with Crippen molar-refractivity contribution >= 4 is 23.5 Å². The SMILES string of the molecule is COc1ccc(-n2c(S[C@@H](C)c3ccccc3)nc3c(c2=O)SCC3)cc1. The number of aryl methyl sites for hydroxylation is 1. The highest BCUT2D eigenvalue weighted by atomic mass is 32.2. The van der Waals surface area contributed by atoms with E-state index in [9.17, 15) is 4.79 Å². The van der Waals surface area contributed by atoms with Crippen molar-refractivity contribution < 1.29 is 4.74 Å². The number of thioether (sulfide) groups is 2. The Morgan fingerprint density at radius 3 is 2.59 bits per heavy atom. The van der Waals surface area contributed by atoms with Crippen LogP contribution in [0.15, 0.2) is 69.4 Å². The molecule has 0 saturated carbocycles. The van der Waals surface area contributed by atoms with Gasteiger partial charge in [0.1, 0.15) is 5.75 Å². The van der Waals surface area contributed by atoms with Crippen LogP contribution in [0.5, 0.6) is 5.75 Å². The number of ether oxygens (including phenoxy) is 1. The van der Waals surface area contributed by atoms with Gasteiger partial charge < -0.3 is 4.74 Å². The molecule has 4 nitrogen and oxygen atoms in total. The summed E-state index contributed by atoms with van der Waals surface area (Å²) in [4.78, 5) is 18.9. The van der Waals surface area contributed by atoms with E-state index in [1.165, 1.54) is 5.56 Å². The molecule has 0 amide bonds. The largest absolute Gasteiger partial charge is 0.497 e. The van der Waals surface area contributed by atoms with Gasteiger partial charge in [0.15, 0.2) is 5.16 Å². The second-order valence-electron chi connectivity index (χ2n) is 6.28. The second-order valence-corrected chi connectivity index (χ2v) is 8.69. The molecule has 2 aromatic carbocycles. The zero-order valence-corrected chi connectivity index (χ0v) is 16.8. The van der Waals surface area contributed by atoms with Gasteiger partial charge in [-0.3, -0.25) is 9.36 Å². The van der Waals surface area contributed by atoms with Gasteiger partial charge in [0.25, 0.3) is 5.56 Å². The van der Waals surface area contributed by atoms with Crippen molar-refractivity contribution in [2.24, 2.45) is 0 Å². The molecule has 3 aromatic rings. The third-order valence-corrected chi connectivity index (χ3v) is 6.77. The van der Waals surface area contributed by atoms with Gasteiger partial charge in [0.2, 0.25) is 0 Å². The van der Waals surface area contributed by atoms with E-state index in [0.29, 0.717) is 0 Å². The Kier molecular flexibility index (Phi) is 5.27. The molecule has 0 unspecified atom stereocenters. The van der Waals surface area contributed by atoms with Crippen LogP contribution in [-0.4, -0.2) is 22.4 Å². The summed E-state index contributed by atoms with van der Waals surface area (Å²) in [6.45, 7) is 2.15. The number of rotatable bonds is 5. The maximum atomic E-state index is 13.2. The Balaban J connectivity index is 1.80. The molecule has 0 saturated heterocycles. The van der Waals surface area contributed by atoms with Crippen molar-refractivity contribution in [2.45, 2.75) is 28.6 Å². The first-order chi connectivity index (χ1) is 13.2. The van der Waals surface area contributed by atoms with Crippen LogP contribution in [0, 0.1) is 0 Å². The fourth-order valence-corrected chi connectivity index (χ4v) is 5.18. The predicted octanol–water partition coefficient (Wildman–Crippen LogP) is 4.74. The normalized spacial score (nSPS) is 14.0. The molecule has 6 heteroatoms. The zero-order valence-electron chi connectivity index (χ0n) is 15.2. The lowest BCUT2D eigenvalue weighted by atomic mass is 10.2. The van der Waals surface area contributed by atoms with Crippen LogP contribution in [0.4, 0.5) is 0 Å². The molecule has 0 N–H and O–H groups in total. The Labute approximate surface area is 167 Å². The van der Waals surface area contributed by atoms with Gasteiger partial charge in [-0.15, -0.1) is 11.8 Å². The predicted molar refractivity (Wildman–Crippen MR) is 112 cm³/mol. The van der Waals surface area contributed by atoms with Gasteiger partial charge in [-0.2, -0.15) is 0 Å². The van der Waals surface area contributed by atoms with Crippen molar-refractivity contribution in [1.29, 1.82) is 0 Å². The number of hydrogen-bond donors (Lipinski definition) is 0. The molecule has 4 rings (SSSR count). The number of methoxy groups -OCH3 is 1. The smallest absolute Gasteiger partial charge is 0.272 e. The Bertz CT molecular complexity index is 1000. The van der Waals surface area contributed by atoms with Gasteiger partial charge in [-0.05, 0) is 36.8 Å². The summed E-state index contributed by atoms with van der Waals surface area (Å²) in [5.74, 6) is 1.69. The Morgan fingerprint density at radius 2 is 1.89 bits per heavy atom. The molecular formula is C21H20N2O2S2. The third-order valence-electron chi connectivity index (χ3n) is 4.55. The van der Waals surface area contributed by atoms with Crippen molar-refractivity contribution in [3.63, 3.8) is 0 Å². The van der Waals surface area contributed by atoms with E-state index in [1.807, 2.05) is 42.5 Å². The van der Waals surface area contributed by atoms with Gasteiger partial charge >= 0.3 is 0 Å². The first kappa shape index (κ1) is 18.2. The molecule has 1 atom stereocenters. The maximum Gasteiger partial charge on any atom is 0.272 e. The fourth-order valence-electron chi connectivity index (χ4n) is 3.08. The molecular weight excluding hydrogens is 376 g/mol. The third kappa shape index (κ3) is 3.64. The van der Waals surface area contributed by atoms with Gasteiger partial charge in [0, 0.05) is 17.4 Å². The molecule has 1 aliphatic rings. The summed E-state index contributed by atoms with van der Waals surface area (Å²) in [5, 5.41) is 0.928. The molecule has 0 spiro atoms. The maximum absolute atomic E-state index is 13.2. The Hall–Kier alpha value is -2.18. The highest BCUT2D eigenvalue weighted by Gasteiger charge is 2.23. The van der Waals surface area contributed by atoms with Crippen molar-refractivity contribution in [3.05, 3.63) is 76.2 Å². The topological polar surface area (TPSA) is 44.1 Å². The molecule has 27 heavy (non-hydrogen) atoms. The molecule has 1 aromatic heterocycles. The van der Waals surface area contributed by atoms with Crippen LogP contribution >= 0.6 is 23.5 Å². The van der Waals surface area contributed by atoms with Crippen LogP contribution < -0.4 is 10.3 Å². The molecule has 0 fully saturated rings. The zero-order chi connectivity index (χ0) is 18.8. The van der Waals surface area contributed by atoms with E-state index in [-0.39, 0.29) is 10.8 Å². The summed E-state index contributed by atoms with van der Waals surface area (Å²) >= 11 is 3.22.